The molecule has 16 heavy (non-hydrogen) atoms. The molecular formula is C9H14F2O5. The van der Waals surface area contributed by atoms with Gasteiger partial charge in [0.15, 0.2) is 5.60 Å². The third-order valence-electron chi connectivity index (χ3n) is 1.77. The number of hydrogen-bond donors (Lipinski definition) is 1. The molecule has 94 valence electrons. The summed E-state index contributed by atoms with van der Waals surface area (Å²) in [5, 5.41) is 9.43. The van der Waals surface area contributed by atoms with Crippen LogP contribution in [0.1, 0.15) is 20.3 Å². The molecule has 0 saturated carbocycles. The molecule has 0 aliphatic heterocycles. The number of carbonyl (C=O) groups is 2. The number of aliphatic hydroxyl groups is 1. The van der Waals surface area contributed by atoms with Crippen molar-refractivity contribution >= 4 is 11.9 Å². The highest BCUT2D eigenvalue weighted by Crippen LogP contribution is 2.28. The van der Waals surface area contributed by atoms with E-state index in [0.29, 0.717) is 0 Å². The maximum atomic E-state index is 13.1. The van der Waals surface area contributed by atoms with Gasteiger partial charge in [-0.25, -0.2) is 9.59 Å². The first kappa shape index (κ1) is 14.8. The average Bonchev–Trinajstić information content (AvgIpc) is 2.15. The van der Waals surface area contributed by atoms with Crippen molar-refractivity contribution in [1.29, 1.82) is 0 Å². The summed E-state index contributed by atoms with van der Waals surface area (Å²) in [5.41, 5.74) is -2.44. The predicted octanol–water partition coefficient (Wildman–Crippen LogP) is 0.499. The van der Waals surface area contributed by atoms with Crippen LogP contribution in [0.2, 0.25) is 0 Å². The monoisotopic (exact) mass is 240 g/mol. The van der Waals surface area contributed by atoms with E-state index in [9.17, 15) is 23.5 Å². The van der Waals surface area contributed by atoms with E-state index >= 15 is 0 Å². The van der Waals surface area contributed by atoms with E-state index in [4.69, 9.17) is 0 Å². The van der Waals surface area contributed by atoms with E-state index < -0.39 is 29.9 Å². The molecule has 7 heteroatoms. The second-order valence-electron chi connectivity index (χ2n) is 3.37. The van der Waals surface area contributed by atoms with Gasteiger partial charge in [0.05, 0.1) is 20.1 Å². The standard InChI is InChI=1S/C9H14F2O5/c1-4-16-6(12)8(2,14)5-9(10,11)7(13)15-3/h14H,4-5H2,1-3H3. The van der Waals surface area contributed by atoms with Crippen LogP contribution in [0.25, 0.3) is 0 Å². The molecule has 0 saturated heterocycles. The molecule has 1 unspecified atom stereocenters. The van der Waals surface area contributed by atoms with Crippen LogP contribution in [0.3, 0.4) is 0 Å². The Kier molecular flexibility index (Phi) is 4.80. The molecule has 0 aromatic carbocycles. The highest BCUT2D eigenvalue weighted by atomic mass is 19.3. The SMILES string of the molecule is CCOC(=O)C(C)(O)CC(F)(F)C(=O)OC. The molecule has 0 aromatic rings. The van der Waals surface area contributed by atoms with E-state index in [0.717, 1.165) is 14.0 Å². The molecule has 0 aliphatic rings. The number of rotatable bonds is 5. The Balaban J connectivity index is 4.69. The summed E-state index contributed by atoms with van der Waals surface area (Å²) in [5.74, 6) is -6.96. The largest absolute Gasteiger partial charge is 0.465 e. The fourth-order valence-electron chi connectivity index (χ4n) is 1.01. The Morgan fingerprint density at radius 1 is 1.31 bits per heavy atom. The Hall–Kier alpha value is -1.24. The number of hydrogen-bond acceptors (Lipinski definition) is 5. The van der Waals surface area contributed by atoms with Gasteiger partial charge in [-0.15, -0.1) is 0 Å². The van der Waals surface area contributed by atoms with E-state index in [1.54, 1.807) is 0 Å². The molecule has 0 rings (SSSR count). The van der Waals surface area contributed by atoms with Crippen molar-refractivity contribution in [2.45, 2.75) is 31.8 Å². The summed E-state index contributed by atoms with van der Waals surface area (Å²) >= 11 is 0. The Labute approximate surface area is 91.3 Å². The molecule has 1 N–H and O–H groups in total. The Morgan fingerprint density at radius 2 is 1.81 bits per heavy atom. The number of ether oxygens (including phenoxy) is 2. The smallest absolute Gasteiger partial charge is 0.376 e. The second kappa shape index (κ2) is 5.20. The summed E-state index contributed by atoms with van der Waals surface area (Å²) in [6, 6.07) is 0. The normalized spacial score (nSPS) is 15.1. The van der Waals surface area contributed by atoms with Crippen molar-refractivity contribution in [2.24, 2.45) is 0 Å². The van der Waals surface area contributed by atoms with Gasteiger partial charge in [0.2, 0.25) is 0 Å². The Bertz CT molecular complexity index is 275. The van der Waals surface area contributed by atoms with Crippen LogP contribution in [-0.2, 0) is 19.1 Å². The van der Waals surface area contributed by atoms with Gasteiger partial charge >= 0.3 is 17.9 Å². The Morgan fingerprint density at radius 3 is 2.19 bits per heavy atom. The molecule has 0 fully saturated rings. The minimum atomic E-state index is -3.94. The summed E-state index contributed by atoms with van der Waals surface area (Å²) in [6.45, 7) is 2.26. The molecule has 1 atom stereocenters. The minimum absolute atomic E-state index is 0.0568. The zero-order valence-electron chi connectivity index (χ0n) is 9.25. The first-order valence-corrected chi connectivity index (χ1v) is 4.53. The van der Waals surface area contributed by atoms with Gasteiger partial charge < -0.3 is 14.6 Å². The lowest BCUT2D eigenvalue weighted by Gasteiger charge is -2.24. The van der Waals surface area contributed by atoms with Gasteiger partial charge in [-0.05, 0) is 13.8 Å². The van der Waals surface area contributed by atoms with Crippen molar-refractivity contribution in [3.05, 3.63) is 0 Å². The first-order valence-electron chi connectivity index (χ1n) is 4.53. The molecule has 5 nitrogen and oxygen atoms in total. The van der Waals surface area contributed by atoms with Gasteiger partial charge in [0.25, 0.3) is 0 Å². The van der Waals surface area contributed by atoms with E-state index in [2.05, 4.69) is 9.47 Å². The van der Waals surface area contributed by atoms with Crippen molar-refractivity contribution in [3.8, 4) is 0 Å². The van der Waals surface area contributed by atoms with Gasteiger partial charge in [0.1, 0.15) is 0 Å². The molecule has 0 radical (unpaired) electrons. The van der Waals surface area contributed by atoms with Crippen LogP contribution >= 0.6 is 0 Å². The number of esters is 2. The molecule has 0 aromatic heterocycles. The van der Waals surface area contributed by atoms with E-state index in [1.165, 1.54) is 6.92 Å². The zero-order valence-corrected chi connectivity index (χ0v) is 9.25. The third-order valence-corrected chi connectivity index (χ3v) is 1.77. The number of methoxy groups -OCH3 is 1. The topological polar surface area (TPSA) is 72.8 Å². The summed E-state index contributed by atoms with van der Waals surface area (Å²) in [6.07, 6.45) is -1.38. The van der Waals surface area contributed by atoms with E-state index in [1.807, 2.05) is 0 Å². The van der Waals surface area contributed by atoms with Crippen LogP contribution in [0.5, 0.6) is 0 Å². The quantitative estimate of drug-likeness (QED) is 0.708. The average molecular weight is 240 g/mol. The molecule has 0 heterocycles. The molecule has 0 bridgehead atoms. The summed E-state index contributed by atoms with van der Waals surface area (Å²) < 4.78 is 34.4. The lowest BCUT2D eigenvalue weighted by atomic mass is 9.98. The summed E-state index contributed by atoms with van der Waals surface area (Å²) in [4.78, 5) is 21.8. The van der Waals surface area contributed by atoms with Crippen molar-refractivity contribution in [3.63, 3.8) is 0 Å². The van der Waals surface area contributed by atoms with Crippen LogP contribution in [0.4, 0.5) is 8.78 Å². The fraction of sp³-hybridized carbons (Fsp3) is 0.778. The molecule has 0 aliphatic carbocycles. The van der Waals surface area contributed by atoms with Crippen molar-refractivity contribution in [1.82, 2.24) is 0 Å². The summed E-state index contributed by atoms with van der Waals surface area (Å²) in [7, 11) is 0.787. The van der Waals surface area contributed by atoms with Crippen LogP contribution in [0.15, 0.2) is 0 Å². The van der Waals surface area contributed by atoms with Gasteiger partial charge in [-0.3, -0.25) is 0 Å². The second-order valence-corrected chi connectivity index (χ2v) is 3.37. The van der Waals surface area contributed by atoms with Crippen LogP contribution in [0, 0.1) is 0 Å². The highest BCUT2D eigenvalue weighted by Gasteiger charge is 2.49. The maximum Gasteiger partial charge on any atom is 0.376 e. The number of halogens is 2. The lowest BCUT2D eigenvalue weighted by molar-refractivity contribution is -0.186. The van der Waals surface area contributed by atoms with Crippen molar-refractivity contribution < 1.29 is 33.0 Å². The molecular weight excluding hydrogens is 226 g/mol. The maximum absolute atomic E-state index is 13.1. The highest BCUT2D eigenvalue weighted by molar-refractivity contribution is 5.82. The van der Waals surface area contributed by atoms with Crippen LogP contribution < -0.4 is 0 Å². The molecule has 0 amide bonds. The van der Waals surface area contributed by atoms with Crippen LogP contribution in [-0.4, -0.2) is 42.3 Å². The fourth-order valence-corrected chi connectivity index (χ4v) is 1.01. The van der Waals surface area contributed by atoms with Gasteiger partial charge in [0, 0.05) is 0 Å². The number of alkyl halides is 2. The minimum Gasteiger partial charge on any atom is -0.465 e. The predicted molar refractivity (Wildman–Crippen MR) is 48.8 cm³/mol. The third kappa shape index (κ3) is 3.73. The number of carbonyl (C=O) groups excluding carboxylic acids is 2. The van der Waals surface area contributed by atoms with Gasteiger partial charge in [-0.1, -0.05) is 0 Å². The first-order chi connectivity index (χ1) is 7.17. The van der Waals surface area contributed by atoms with E-state index in [-0.39, 0.29) is 6.61 Å². The zero-order chi connectivity index (χ0) is 13.0. The lowest BCUT2D eigenvalue weighted by Crippen LogP contribution is -2.45. The van der Waals surface area contributed by atoms with Gasteiger partial charge in [-0.2, -0.15) is 8.78 Å². The molecule has 0 spiro atoms. The van der Waals surface area contributed by atoms with Crippen molar-refractivity contribution in [2.75, 3.05) is 13.7 Å².